The number of hydrogen-bond acceptors (Lipinski definition) is 4. The minimum Gasteiger partial charge on any atom is -0.481 e. The number of thiazole rings is 1. The SMILES string of the molecule is Cc1ncc(CN2CCCC(C(C)(C)C(=O)O)C2)s1. The first kappa shape index (κ1) is 14.5. The molecule has 0 amide bonds. The van der Waals surface area contributed by atoms with Crippen LogP contribution in [0.5, 0.6) is 0 Å². The zero-order valence-corrected chi connectivity index (χ0v) is 12.7. The average molecular weight is 282 g/mol. The van der Waals surface area contributed by atoms with Crippen molar-refractivity contribution in [3.8, 4) is 0 Å². The maximum Gasteiger partial charge on any atom is 0.309 e. The van der Waals surface area contributed by atoms with Gasteiger partial charge in [0.1, 0.15) is 0 Å². The Balaban J connectivity index is 1.99. The molecule has 0 saturated carbocycles. The van der Waals surface area contributed by atoms with Crippen LogP contribution in [-0.2, 0) is 11.3 Å². The number of carboxylic acids is 1. The molecule has 1 aliphatic rings. The fourth-order valence-corrected chi connectivity index (χ4v) is 3.50. The van der Waals surface area contributed by atoms with E-state index in [4.69, 9.17) is 0 Å². The van der Waals surface area contributed by atoms with Gasteiger partial charge >= 0.3 is 5.97 Å². The van der Waals surface area contributed by atoms with Crippen molar-refractivity contribution < 1.29 is 9.90 Å². The van der Waals surface area contributed by atoms with E-state index in [2.05, 4.69) is 9.88 Å². The molecule has 5 heteroatoms. The molecule has 1 aromatic heterocycles. The Bertz CT molecular complexity index is 456. The summed E-state index contributed by atoms with van der Waals surface area (Å²) in [4.78, 5) is 19.3. The molecule has 2 heterocycles. The van der Waals surface area contributed by atoms with Crippen LogP contribution in [0.15, 0.2) is 6.20 Å². The van der Waals surface area contributed by atoms with Crippen molar-refractivity contribution in [3.05, 3.63) is 16.1 Å². The molecule has 0 radical (unpaired) electrons. The number of hydrogen-bond donors (Lipinski definition) is 1. The van der Waals surface area contributed by atoms with Gasteiger partial charge in [-0.25, -0.2) is 4.98 Å². The zero-order chi connectivity index (χ0) is 14.0. The number of likely N-dealkylation sites (tertiary alicyclic amines) is 1. The second-order valence-electron chi connectivity index (χ2n) is 5.95. The fourth-order valence-electron chi connectivity index (χ4n) is 2.66. The van der Waals surface area contributed by atoms with E-state index in [0.29, 0.717) is 0 Å². The maximum absolute atomic E-state index is 11.4. The van der Waals surface area contributed by atoms with Gasteiger partial charge in [-0.2, -0.15) is 0 Å². The van der Waals surface area contributed by atoms with Crippen LogP contribution in [0.4, 0.5) is 0 Å². The quantitative estimate of drug-likeness (QED) is 0.922. The predicted molar refractivity (Wildman–Crippen MR) is 76.3 cm³/mol. The Labute approximate surface area is 118 Å². The van der Waals surface area contributed by atoms with Crippen LogP contribution in [0.25, 0.3) is 0 Å². The Kier molecular flexibility index (Phi) is 4.26. The molecule has 0 bridgehead atoms. The van der Waals surface area contributed by atoms with Crippen molar-refractivity contribution in [2.75, 3.05) is 13.1 Å². The van der Waals surface area contributed by atoms with Gasteiger partial charge in [0.05, 0.1) is 10.4 Å². The molecule has 1 N–H and O–H groups in total. The second-order valence-corrected chi connectivity index (χ2v) is 7.27. The van der Waals surface area contributed by atoms with E-state index < -0.39 is 11.4 Å². The van der Waals surface area contributed by atoms with Gasteiger partial charge in [0, 0.05) is 24.2 Å². The van der Waals surface area contributed by atoms with Crippen LogP contribution in [-0.4, -0.2) is 34.0 Å². The van der Waals surface area contributed by atoms with Gasteiger partial charge in [-0.3, -0.25) is 9.69 Å². The van der Waals surface area contributed by atoms with Crippen molar-refractivity contribution in [3.63, 3.8) is 0 Å². The van der Waals surface area contributed by atoms with Gasteiger partial charge in [0.25, 0.3) is 0 Å². The average Bonchev–Trinajstić information content (AvgIpc) is 2.75. The van der Waals surface area contributed by atoms with Gasteiger partial charge in [-0.15, -0.1) is 11.3 Å². The Morgan fingerprint density at radius 2 is 2.37 bits per heavy atom. The van der Waals surface area contributed by atoms with Crippen LogP contribution >= 0.6 is 11.3 Å². The normalized spacial score (nSPS) is 21.5. The number of carbonyl (C=O) groups is 1. The first-order valence-electron chi connectivity index (χ1n) is 6.76. The number of aromatic nitrogens is 1. The highest BCUT2D eigenvalue weighted by Crippen LogP contribution is 2.34. The standard InChI is InChI=1S/C14H22N2O2S/c1-10-15-7-12(19-10)9-16-6-4-5-11(8-16)14(2,3)13(17)18/h7,11H,4-6,8-9H2,1-3H3,(H,17,18). The van der Waals surface area contributed by atoms with Crippen molar-refractivity contribution in [2.45, 2.75) is 40.2 Å². The highest BCUT2D eigenvalue weighted by Gasteiger charge is 2.38. The summed E-state index contributed by atoms with van der Waals surface area (Å²) in [5, 5.41) is 10.4. The van der Waals surface area contributed by atoms with Crippen LogP contribution in [0.2, 0.25) is 0 Å². The summed E-state index contributed by atoms with van der Waals surface area (Å²) < 4.78 is 0. The summed E-state index contributed by atoms with van der Waals surface area (Å²) in [7, 11) is 0. The number of carboxylic acid groups (broad SMARTS) is 1. The minimum absolute atomic E-state index is 0.229. The van der Waals surface area contributed by atoms with E-state index >= 15 is 0 Å². The van der Waals surface area contributed by atoms with Gasteiger partial charge in [-0.1, -0.05) is 0 Å². The lowest BCUT2D eigenvalue weighted by Gasteiger charge is -2.39. The number of aliphatic carboxylic acids is 1. The molecule has 2 rings (SSSR count). The first-order chi connectivity index (χ1) is 8.89. The smallest absolute Gasteiger partial charge is 0.309 e. The van der Waals surface area contributed by atoms with Crippen LogP contribution in [0, 0.1) is 18.3 Å². The van der Waals surface area contributed by atoms with Gasteiger partial charge in [0.2, 0.25) is 0 Å². The van der Waals surface area contributed by atoms with E-state index in [0.717, 1.165) is 37.5 Å². The van der Waals surface area contributed by atoms with Gasteiger partial charge < -0.3 is 5.11 Å². The Hall–Kier alpha value is -0.940. The molecule has 1 aromatic rings. The Morgan fingerprint density at radius 3 is 2.95 bits per heavy atom. The molecule has 0 aromatic carbocycles. The molecule has 1 fully saturated rings. The first-order valence-corrected chi connectivity index (χ1v) is 7.58. The molecule has 1 atom stereocenters. The third kappa shape index (κ3) is 3.34. The maximum atomic E-state index is 11.4. The van der Waals surface area contributed by atoms with Crippen LogP contribution in [0.3, 0.4) is 0 Å². The summed E-state index contributed by atoms with van der Waals surface area (Å²) in [6.07, 6.45) is 4.03. The van der Waals surface area contributed by atoms with Crippen molar-refractivity contribution in [1.82, 2.24) is 9.88 Å². The summed E-state index contributed by atoms with van der Waals surface area (Å²) in [5.41, 5.74) is -0.637. The zero-order valence-electron chi connectivity index (χ0n) is 11.8. The van der Waals surface area contributed by atoms with Crippen molar-refractivity contribution in [1.29, 1.82) is 0 Å². The van der Waals surface area contributed by atoms with E-state index in [-0.39, 0.29) is 5.92 Å². The number of nitrogens with zero attached hydrogens (tertiary/aromatic N) is 2. The lowest BCUT2D eigenvalue weighted by molar-refractivity contribution is -0.151. The number of piperidine rings is 1. The molecule has 4 nitrogen and oxygen atoms in total. The molecule has 106 valence electrons. The predicted octanol–water partition coefficient (Wildman–Crippen LogP) is 2.77. The fraction of sp³-hybridized carbons (Fsp3) is 0.714. The molecular weight excluding hydrogens is 260 g/mol. The van der Waals surface area contributed by atoms with Crippen LogP contribution < -0.4 is 0 Å². The van der Waals surface area contributed by atoms with Crippen molar-refractivity contribution in [2.24, 2.45) is 11.3 Å². The van der Waals surface area contributed by atoms with E-state index in [1.165, 1.54) is 4.88 Å². The summed E-state index contributed by atoms with van der Waals surface area (Å²) in [6, 6.07) is 0. The molecule has 0 spiro atoms. The lowest BCUT2D eigenvalue weighted by Crippen LogP contribution is -2.44. The van der Waals surface area contributed by atoms with Crippen LogP contribution in [0.1, 0.15) is 36.6 Å². The summed E-state index contributed by atoms with van der Waals surface area (Å²) in [6.45, 7) is 8.54. The molecule has 1 saturated heterocycles. The number of rotatable bonds is 4. The molecule has 1 aliphatic heterocycles. The third-order valence-electron chi connectivity index (χ3n) is 4.13. The molecule has 1 unspecified atom stereocenters. The lowest BCUT2D eigenvalue weighted by atomic mass is 9.74. The minimum atomic E-state index is -0.687. The molecule has 19 heavy (non-hydrogen) atoms. The monoisotopic (exact) mass is 282 g/mol. The third-order valence-corrected chi connectivity index (χ3v) is 5.02. The van der Waals surface area contributed by atoms with E-state index in [1.807, 2.05) is 27.0 Å². The summed E-state index contributed by atoms with van der Waals surface area (Å²) in [5.74, 6) is -0.458. The largest absolute Gasteiger partial charge is 0.481 e. The molecular formula is C14H22N2O2S. The topological polar surface area (TPSA) is 53.4 Å². The Morgan fingerprint density at radius 1 is 1.63 bits per heavy atom. The number of aryl methyl sites for hydroxylation is 1. The second kappa shape index (κ2) is 5.59. The highest BCUT2D eigenvalue weighted by molar-refractivity contribution is 7.11. The highest BCUT2D eigenvalue weighted by atomic mass is 32.1. The van der Waals surface area contributed by atoms with Crippen molar-refractivity contribution >= 4 is 17.3 Å². The van der Waals surface area contributed by atoms with Gasteiger partial charge in [-0.05, 0) is 46.1 Å². The van der Waals surface area contributed by atoms with Gasteiger partial charge in [0.15, 0.2) is 0 Å². The summed E-state index contributed by atoms with van der Waals surface area (Å²) >= 11 is 1.73. The van der Waals surface area contributed by atoms with E-state index in [9.17, 15) is 9.90 Å². The van der Waals surface area contributed by atoms with E-state index in [1.54, 1.807) is 11.3 Å². The molecule has 0 aliphatic carbocycles.